The SMILES string of the molecule is O=[N+]([O-])C=C1N=CC=CS1. The van der Waals surface area contributed by atoms with Gasteiger partial charge in [0.25, 0.3) is 6.20 Å². The molecule has 0 unspecified atom stereocenters. The van der Waals surface area contributed by atoms with Gasteiger partial charge >= 0.3 is 0 Å². The number of aliphatic imine (C=N–C) groups is 1. The Morgan fingerprint density at radius 3 is 3.10 bits per heavy atom. The molecule has 1 aliphatic rings. The first kappa shape index (κ1) is 7.01. The van der Waals surface area contributed by atoms with Crippen molar-refractivity contribution in [1.82, 2.24) is 0 Å². The zero-order chi connectivity index (χ0) is 7.40. The lowest BCUT2D eigenvalue weighted by atomic mass is 10.7. The van der Waals surface area contributed by atoms with Crippen LogP contribution in [0.4, 0.5) is 0 Å². The van der Waals surface area contributed by atoms with Crippen molar-refractivity contribution in [2.45, 2.75) is 0 Å². The second-order valence-corrected chi connectivity index (χ2v) is 2.40. The Morgan fingerprint density at radius 2 is 2.60 bits per heavy atom. The summed E-state index contributed by atoms with van der Waals surface area (Å²) in [5.41, 5.74) is 0. The molecule has 0 spiro atoms. The average molecular weight is 156 g/mol. The molecule has 10 heavy (non-hydrogen) atoms. The lowest BCUT2D eigenvalue weighted by molar-refractivity contribution is -0.402. The molecule has 0 fully saturated rings. The lowest BCUT2D eigenvalue weighted by Gasteiger charge is -1.94. The highest BCUT2D eigenvalue weighted by Gasteiger charge is 2.00. The molecule has 0 saturated carbocycles. The highest BCUT2D eigenvalue weighted by Crippen LogP contribution is 2.19. The van der Waals surface area contributed by atoms with Crippen molar-refractivity contribution in [1.29, 1.82) is 0 Å². The van der Waals surface area contributed by atoms with Crippen LogP contribution in [0.25, 0.3) is 0 Å². The van der Waals surface area contributed by atoms with Gasteiger partial charge in [-0.2, -0.15) is 0 Å². The molecule has 0 aliphatic carbocycles. The van der Waals surface area contributed by atoms with Gasteiger partial charge in [0.15, 0.2) is 5.03 Å². The van der Waals surface area contributed by atoms with Crippen LogP contribution in [0, 0.1) is 10.1 Å². The van der Waals surface area contributed by atoms with Gasteiger partial charge in [-0.05, 0) is 11.5 Å². The minimum Gasteiger partial charge on any atom is -0.259 e. The first-order chi connectivity index (χ1) is 4.79. The van der Waals surface area contributed by atoms with E-state index < -0.39 is 4.92 Å². The largest absolute Gasteiger partial charge is 0.266 e. The van der Waals surface area contributed by atoms with Crippen LogP contribution >= 0.6 is 11.8 Å². The number of allylic oxidation sites excluding steroid dienone is 1. The second kappa shape index (κ2) is 3.17. The van der Waals surface area contributed by atoms with Crippen LogP contribution < -0.4 is 0 Å². The van der Waals surface area contributed by atoms with Gasteiger partial charge in [-0.1, -0.05) is 11.8 Å². The van der Waals surface area contributed by atoms with Crippen molar-refractivity contribution in [3.63, 3.8) is 0 Å². The third-order valence-electron chi connectivity index (χ3n) is 0.771. The van der Waals surface area contributed by atoms with E-state index in [1.165, 1.54) is 18.0 Å². The van der Waals surface area contributed by atoms with Crippen molar-refractivity contribution < 1.29 is 4.92 Å². The predicted octanol–water partition coefficient (Wildman–Crippen LogP) is 1.39. The fourth-order valence-electron chi connectivity index (χ4n) is 0.445. The van der Waals surface area contributed by atoms with Crippen LogP contribution in [-0.2, 0) is 0 Å². The number of hydrogen-bond acceptors (Lipinski definition) is 4. The van der Waals surface area contributed by atoms with Gasteiger partial charge in [0.1, 0.15) is 0 Å². The predicted molar refractivity (Wildman–Crippen MR) is 40.3 cm³/mol. The summed E-state index contributed by atoms with van der Waals surface area (Å²) in [5.74, 6) is 0. The molecule has 0 radical (unpaired) electrons. The summed E-state index contributed by atoms with van der Waals surface area (Å²) in [6.07, 6.45) is 4.12. The number of rotatable bonds is 1. The fourth-order valence-corrected chi connectivity index (χ4v) is 1.00. The van der Waals surface area contributed by atoms with Gasteiger partial charge in [-0.25, -0.2) is 4.99 Å². The second-order valence-electron chi connectivity index (χ2n) is 1.48. The van der Waals surface area contributed by atoms with Crippen LogP contribution in [-0.4, -0.2) is 11.1 Å². The third kappa shape index (κ3) is 2.02. The van der Waals surface area contributed by atoms with E-state index in [0.717, 1.165) is 6.20 Å². The molecule has 0 aromatic heterocycles. The van der Waals surface area contributed by atoms with E-state index in [2.05, 4.69) is 4.99 Å². The van der Waals surface area contributed by atoms with Crippen molar-refractivity contribution in [2.24, 2.45) is 4.99 Å². The molecule has 0 amide bonds. The smallest absolute Gasteiger partial charge is 0.259 e. The minimum absolute atomic E-state index is 0.410. The number of nitrogens with zero attached hydrogens (tertiary/aromatic N) is 2. The molecule has 1 aliphatic heterocycles. The van der Waals surface area contributed by atoms with Gasteiger partial charge in [0.05, 0.1) is 4.92 Å². The Balaban J connectivity index is 2.67. The van der Waals surface area contributed by atoms with Crippen molar-refractivity contribution in [3.05, 3.63) is 32.8 Å². The van der Waals surface area contributed by atoms with E-state index in [0.29, 0.717) is 5.03 Å². The molecule has 5 heteroatoms. The van der Waals surface area contributed by atoms with Gasteiger partial charge in [-0.3, -0.25) is 10.1 Å². The van der Waals surface area contributed by atoms with Crippen LogP contribution in [0.3, 0.4) is 0 Å². The number of thioether (sulfide) groups is 1. The molecule has 1 heterocycles. The van der Waals surface area contributed by atoms with Gasteiger partial charge in [-0.15, -0.1) is 0 Å². The lowest BCUT2D eigenvalue weighted by Crippen LogP contribution is -1.86. The highest BCUT2D eigenvalue weighted by atomic mass is 32.2. The maximum absolute atomic E-state index is 9.89. The van der Waals surface area contributed by atoms with E-state index >= 15 is 0 Å². The van der Waals surface area contributed by atoms with Crippen molar-refractivity contribution >= 4 is 18.0 Å². The molecular formula is C5H4N2O2S. The Morgan fingerprint density at radius 1 is 1.80 bits per heavy atom. The van der Waals surface area contributed by atoms with E-state index in [1.807, 2.05) is 0 Å². The van der Waals surface area contributed by atoms with Crippen LogP contribution in [0.5, 0.6) is 0 Å². The van der Waals surface area contributed by atoms with E-state index in [4.69, 9.17) is 0 Å². The molecule has 0 bridgehead atoms. The molecular weight excluding hydrogens is 152 g/mol. The first-order valence-electron chi connectivity index (χ1n) is 2.50. The minimum atomic E-state index is -0.515. The molecule has 1 rings (SSSR count). The van der Waals surface area contributed by atoms with E-state index in [1.54, 1.807) is 11.5 Å². The van der Waals surface area contributed by atoms with Crippen LogP contribution in [0.1, 0.15) is 0 Å². The molecule has 0 saturated heterocycles. The Labute approximate surface area is 61.5 Å². The summed E-state index contributed by atoms with van der Waals surface area (Å²) in [6.45, 7) is 0. The van der Waals surface area contributed by atoms with Gasteiger partial charge < -0.3 is 0 Å². The monoisotopic (exact) mass is 156 g/mol. The maximum Gasteiger partial charge on any atom is 0.266 e. The Kier molecular flexibility index (Phi) is 2.22. The summed E-state index contributed by atoms with van der Waals surface area (Å²) in [7, 11) is 0. The van der Waals surface area contributed by atoms with Gasteiger partial charge in [0, 0.05) is 6.21 Å². The summed E-state index contributed by atoms with van der Waals surface area (Å²) in [6, 6.07) is 0. The maximum atomic E-state index is 9.89. The van der Waals surface area contributed by atoms with E-state index in [-0.39, 0.29) is 0 Å². The summed E-state index contributed by atoms with van der Waals surface area (Å²) < 4.78 is 0. The summed E-state index contributed by atoms with van der Waals surface area (Å²) in [4.78, 5) is 13.1. The van der Waals surface area contributed by atoms with Crippen molar-refractivity contribution in [3.8, 4) is 0 Å². The van der Waals surface area contributed by atoms with Crippen LogP contribution in [0.2, 0.25) is 0 Å². The van der Waals surface area contributed by atoms with Crippen molar-refractivity contribution in [2.75, 3.05) is 0 Å². The van der Waals surface area contributed by atoms with Gasteiger partial charge in [0.2, 0.25) is 0 Å². The van der Waals surface area contributed by atoms with E-state index in [9.17, 15) is 10.1 Å². The topological polar surface area (TPSA) is 55.5 Å². The number of nitro groups is 1. The molecule has 4 nitrogen and oxygen atoms in total. The Hall–Kier alpha value is -1.10. The molecule has 0 aromatic rings. The zero-order valence-corrected chi connectivity index (χ0v) is 5.75. The fraction of sp³-hybridized carbons (Fsp3) is 0. The standard InChI is InChI=1S/C5H4N2O2S/c8-7(9)4-5-6-2-1-3-10-5/h1-4H. The molecule has 0 N–H and O–H groups in total. The Bertz CT molecular complexity index is 232. The number of hydrogen-bond donors (Lipinski definition) is 0. The quantitative estimate of drug-likeness (QED) is 0.426. The third-order valence-corrected chi connectivity index (χ3v) is 1.52. The molecule has 52 valence electrons. The normalized spacial score (nSPS) is 19.8. The average Bonchev–Trinajstić information content (AvgIpc) is 1.88. The zero-order valence-electron chi connectivity index (χ0n) is 4.93. The van der Waals surface area contributed by atoms with Crippen LogP contribution in [0.15, 0.2) is 27.7 Å². The molecule has 0 atom stereocenters. The highest BCUT2D eigenvalue weighted by molar-refractivity contribution is 8.05. The first-order valence-corrected chi connectivity index (χ1v) is 3.38. The summed E-state index contributed by atoms with van der Waals surface area (Å²) in [5, 5.41) is 12.0. The molecule has 0 aromatic carbocycles. The summed E-state index contributed by atoms with van der Waals surface area (Å²) >= 11 is 1.23.